The summed E-state index contributed by atoms with van der Waals surface area (Å²) in [6.45, 7) is 3.97. The summed E-state index contributed by atoms with van der Waals surface area (Å²) in [4.78, 5) is 4.10. The zero-order valence-corrected chi connectivity index (χ0v) is 13.8. The van der Waals surface area contributed by atoms with Gasteiger partial charge in [0, 0.05) is 24.7 Å². The van der Waals surface area contributed by atoms with Crippen LogP contribution >= 0.6 is 11.6 Å². The van der Waals surface area contributed by atoms with Gasteiger partial charge in [-0.05, 0) is 38.5 Å². The first-order valence-electron chi connectivity index (χ1n) is 6.88. The van der Waals surface area contributed by atoms with E-state index < -0.39 is 15.6 Å². The van der Waals surface area contributed by atoms with Crippen LogP contribution in [0.4, 0.5) is 0 Å². The normalized spacial score (nSPS) is 27.7. The minimum absolute atomic E-state index is 0.0700. The quantitative estimate of drug-likeness (QED) is 0.865. The highest BCUT2D eigenvalue weighted by molar-refractivity contribution is 7.89. The summed E-state index contributed by atoms with van der Waals surface area (Å²) in [6.07, 6.45) is 5.09. The van der Waals surface area contributed by atoms with Crippen molar-refractivity contribution >= 4 is 21.6 Å². The third-order valence-corrected chi connectivity index (χ3v) is 6.16. The van der Waals surface area contributed by atoms with Crippen LogP contribution < -0.4 is 4.72 Å². The third-order valence-electron chi connectivity index (χ3n) is 4.20. The van der Waals surface area contributed by atoms with Gasteiger partial charge in [-0.1, -0.05) is 6.92 Å². The summed E-state index contributed by atoms with van der Waals surface area (Å²) in [6, 6.07) is 0. The van der Waals surface area contributed by atoms with Crippen LogP contribution in [0.1, 0.15) is 38.4 Å². The van der Waals surface area contributed by atoms with Gasteiger partial charge >= 0.3 is 0 Å². The van der Waals surface area contributed by atoms with Crippen LogP contribution in [0.5, 0.6) is 0 Å². The largest absolute Gasteiger partial charge is 0.337 e. The Labute approximate surface area is 125 Å². The maximum absolute atomic E-state index is 12.5. The first kappa shape index (κ1) is 15.8. The molecule has 7 heteroatoms. The number of sulfonamides is 1. The number of aromatic nitrogens is 2. The Bertz CT molecular complexity index is 555. The van der Waals surface area contributed by atoms with E-state index in [1.807, 2.05) is 0 Å². The molecule has 1 fully saturated rings. The van der Waals surface area contributed by atoms with E-state index in [2.05, 4.69) is 16.6 Å². The SMILES string of the molecule is Cc1nc(S(=O)(=O)NC2(CCl)CCC(C)CC2)cn1C. The summed E-state index contributed by atoms with van der Waals surface area (Å²) in [5, 5.41) is 0.0700. The maximum atomic E-state index is 12.5. The second-order valence-electron chi connectivity index (χ2n) is 5.94. The van der Waals surface area contributed by atoms with Crippen molar-refractivity contribution < 1.29 is 8.42 Å². The summed E-state index contributed by atoms with van der Waals surface area (Å²) >= 11 is 6.06. The van der Waals surface area contributed by atoms with Gasteiger partial charge < -0.3 is 4.57 Å². The summed E-state index contributed by atoms with van der Waals surface area (Å²) < 4.78 is 29.4. The molecular weight excluding hydrogens is 298 g/mol. The topological polar surface area (TPSA) is 64.0 Å². The fourth-order valence-corrected chi connectivity index (χ4v) is 4.48. The van der Waals surface area contributed by atoms with Crippen molar-refractivity contribution in [3.05, 3.63) is 12.0 Å². The van der Waals surface area contributed by atoms with Crippen molar-refractivity contribution in [1.29, 1.82) is 0 Å². The van der Waals surface area contributed by atoms with Crippen LogP contribution in [0.3, 0.4) is 0 Å². The first-order valence-corrected chi connectivity index (χ1v) is 8.90. The number of hydrogen-bond acceptors (Lipinski definition) is 3. The molecule has 1 heterocycles. The minimum Gasteiger partial charge on any atom is -0.337 e. The first-order chi connectivity index (χ1) is 9.28. The molecule has 0 aromatic carbocycles. The molecule has 0 atom stereocenters. The second-order valence-corrected chi connectivity index (χ2v) is 7.84. The molecule has 1 N–H and O–H groups in total. The molecule has 1 saturated carbocycles. The lowest BCUT2D eigenvalue weighted by atomic mass is 9.79. The number of alkyl halides is 1. The predicted molar refractivity (Wildman–Crippen MR) is 79.3 cm³/mol. The van der Waals surface area contributed by atoms with Crippen molar-refractivity contribution in [1.82, 2.24) is 14.3 Å². The Morgan fingerprint density at radius 2 is 2.10 bits per heavy atom. The molecule has 0 radical (unpaired) electrons. The number of halogens is 1. The zero-order chi connectivity index (χ0) is 15.0. The molecule has 0 amide bonds. The van der Waals surface area contributed by atoms with E-state index in [1.54, 1.807) is 18.5 Å². The van der Waals surface area contributed by atoms with Gasteiger partial charge in [-0.2, -0.15) is 0 Å². The molecular formula is C13H22ClN3O2S. The second kappa shape index (κ2) is 5.66. The van der Waals surface area contributed by atoms with E-state index >= 15 is 0 Å². The smallest absolute Gasteiger partial charge is 0.260 e. The zero-order valence-electron chi connectivity index (χ0n) is 12.2. The van der Waals surface area contributed by atoms with Crippen molar-refractivity contribution in [2.24, 2.45) is 13.0 Å². The molecule has 20 heavy (non-hydrogen) atoms. The molecule has 0 spiro atoms. The van der Waals surface area contributed by atoms with Gasteiger partial charge in [0.1, 0.15) is 5.82 Å². The number of hydrogen-bond donors (Lipinski definition) is 1. The van der Waals surface area contributed by atoms with E-state index in [-0.39, 0.29) is 5.03 Å². The maximum Gasteiger partial charge on any atom is 0.260 e. The van der Waals surface area contributed by atoms with Crippen LogP contribution in [0, 0.1) is 12.8 Å². The Morgan fingerprint density at radius 3 is 2.55 bits per heavy atom. The summed E-state index contributed by atoms with van der Waals surface area (Å²) in [7, 11) is -1.84. The molecule has 0 bridgehead atoms. The van der Waals surface area contributed by atoms with Gasteiger partial charge in [-0.25, -0.2) is 18.1 Å². The van der Waals surface area contributed by atoms with Crippen LogP contribution in [0.15, 0.2) is 11.2 Å². The number of rotatable bonds is 4. The molecule has 2 rings (SSSR count). The lowest BCUT2D eigenvalue weighted by molar-refractivity contribution is 0.247. The number of imidazole rings is 1. The molecule has 1 aromatic heterocycles. The molecule has 1 aromatic rings. The Hall–Kier alpha value is -0.590. The van der Waals surface area contributed by atoms with E-state index in [4.69, 9.17) is 11.6 Å². The Kier molecular flexibility index (Phi) is 4.47. The van der Waals surface area contributed by atoms with Crippen molar-refractivity contribution in [3.8, 4) is 0 Å². The molecule has 5 nitrogen and oxygen atoms in total. The molecule has 0 unspecified atom stereocenters. The number of aryl methyl sites for hydroxylation is 2. The van der Waals surface area contributed by atoms with Crippen molar-refractivity contribution in [2.75, 3.05) is 5.88 Å². The van der Waals surface area contributed by atoms with E-state index in [9.17, 15) is 8.42 Å². The summed E-state index contributed by atoms with van der Waals surface area (Å²) in [5.41, 5.74) is -0.529. The number of nitrogens with one attached hydrogen (secondary N) is 1. The monoisotopic (exact) mass is 319 g/mol. The minimum atomic E-state index is -3.62. The average Bonchev–Trinajstić information content (AvgIpc) is 2.74. The van der Waals surface area contributed by atoms with Crippen LogP contribution in [0.2, 0.25) is 0 Å². The van der Waals surface area contributed by atoms with Gasteiger partial charge in [0.2, 0.25) is 0 Å². The fourth-order valence-electron chi connectivity index (χ4n) is 2.57. The summed E-state index contributed by atoms with van der Waals surface area (Å²) in [5.74, 6) is 1.60. The highest BCUT2D eigenvalue weighted by atomic mass is 35.5. The molecule has 1 aliphatic carbocycles. The fraction of sp³-hybridized carbons (Fsp3) is 0.769. The van der Waals surface area contributed by atoms with Gasteiger partial charge in [0.15, 0.2) is 5.03 Å². The third kappa shape index (κ3) is 3.18. The predicted octanol–water partition coefficient (Wildman–Crippen LogP) is 2.19. The van der Waals surface area contributed by atoms with Crippen molar-refractivity contribution in [3.63, 3.8) is 0 Å². The van der Waals surface area contributed by atoms with Crippen LogP contribution in [0.25, 0.3) is 0 Å². The lowest BCUT2D eigenvalue weighted by Crippen LogP contribution is -2.52. The van der Waals surface area contributed by atoms with E-state index in [0.29, 0.717) is 17.6 Å². The van der Waals surface area contributed by atoms with E-state index in [0.717, 1.165) is 25.7 Å². The van der Waals surface area contributed by atoms with Gasteiger partial charge in [-0.3, -0.25) is 0 Å². The standard InChI is InChI=1S/C13H22ClN3O2S/c1-10-4-6-13(9-14,7-5-10)16-20(18,19)12-8-17(3)11(2)15-12/h8,10,16H,4-7,9H2,1-3H3. The van der Waals surface area contributed by atoms with E-state index in [1.165, 1.54) is 6.20 Å². The van der Waals surface area contributed by atoms with Crippen molar-refractivity contribution in [2.45, 2.75) is 50.1 Å². The Morgan fingerprint density at radius 1 is 1.50 bits per heavy atom. The molecule has 0 saturated heterocycles. The van der Waals surface area contributed by atoms with Gasteiger partial charge in [-0.15, -0.1) is 11.6 Å². The highest BCUT2D eigenvalue weighted by Crippen LogP contribution is 2.34. The number of nitrogens with zero attached hydrogens (tertiary/aromatic N) is 2. The molecule has 0 aliphatic heterocycles. The van der Waals surface area contributed by atoms with Crippen LogP contribution in [-0.4, -0.2) is 29.4 Å². The molecule has 1 aliphatic rings. The molecule has 114 valence electrons. The lowest BCUT2D eigenvalue weighted by Gasteiger charge is -2.38. The highest BCUT2D eigenvalue weighted by Gasteiger charge is 2.38. The van der Waals surface area contributed by atoms with Gasteiger partial charge in [0.05, 0.1) is 0 Å². The average molecular weight is 320 g/mol. The Balaban J connectivity index is 2.22. The van der Waals surface area contributed by atoms with Gasteiger partial charge in [0.25, 0.3) is 10.0 Å². The van der Waals surface area contributed by atoms with Crippen LogP contribution in [-0.2, 0) is 17.1 Å².